The highest BCUT2D eigenvalue weighted by molar-refractivity contribution is 9.10. The minimum atomic E-state index is 0.0171. The van der Waals surface area contributed by atoms with Crippen molar-refractivity contribution in [2.45, 2.75) is 25.3 Å². The van der Waals surface area contributed by atoms with E-state index in [-0.39, 0.29) is 5.91 Å². The number of nitrogens with zero attached hydrogens (tertiary/aromatic N) is 1. The number of hydrogen-bond donors (Lipinski definition) is 1. The fourth-order valence-electron chi connectivity index (χ4n) is 2.61. The fraction of sp³-hybridized carbons (Fsp3) is 0.200. The second-order valence-corrected chi connectivity index (χ2v) is 7.93. The number of thioether (sulfide) groups is 1. The van der Waals surface area contributed by atoms with Gasteiger partial charge in [-0.05, 0) is 55.3 Å². The number of pyridine rings is 1. The summed E-state index contributed by atoms with van der Waals surface area (Å²) in [6.45, 7) is 4.18. The van der Waals surface area contributed by atoms with Crippen molar-refractivity contribution in [3.63, 3.8) is 0 Å². The molecule has 1 heterocycles. The molecule has 25 heavy (non-hydrogen) atoms. The third-order valence-corrected chi connectivity index (χ3v) is 5.37. The summed E-state index contributed by atoms with van der Waals surface area (Å²) in [5.74, 6) is 0.718. The highest BCUT2D eigenvalue weighted by Crippen LogP contribution is 2.26. The van der Waals surface area contributed by atoms with Gasteiger partial charge in [0, 0.05) is 27.7 Å². The van der Waals surface area contributed by atoms with Gasteiger partial charge in [0.25, 0.3) is 0 Å². The van der Waals surface area contributed by atoms with Gasteiger partial charge in [0.05, 0.1) is 10.5 Å². The Morgan fingerprint density at radius 2 is 1.88 bits per heavy atom. The molecular formula is C20H19BrN2OS. The molecule has 3 nitrogen and oxygen atoms in total. The van der Waals surface area contributed by atoms with Gasteiger partial charge >= 0.3 is 0 Å². The highest BCUT2D eigenvalue weighted by Gasteiger charge is 2.07. The zero-order valence-electron chi connectivity index (χ0n) is 14.2. The molecule has 0 atom stereocenters. The number of benzene rings is 2. The zero-order chi connectivity index (χ0) is 17.8. The molecule has 0 saturated carbocycles. The molecule has 0 aliphatic carbocycles. The van der Waals surface area contributed by atoms with Gasteiger partial charge < -0.3 is 5.32 Å². The highest BCUT2D eigenvalue weighted by atomic mass is 79.9. The van der Waals surface area contributed by atoms with Crippen LogP contribution >= 0.6 is 27.7 Å². The third-order valence-electron chi connectivity index (χ3n) is 3.93. The normalized spacial score (nSPS) is 10.8. The van der Waals surface area contributed by atoms with Crippen LogP contribution in [0.15, 0.2) is 58.0 Å². The van der Waals surface area contributed by atoms with Gasteiger partial charge in [-0.15, -0.1) is 11.8 Å². The Balaban J connectivity index is 1.60. The predicted molar refractivity (Wildman–Crippen MR) is 109 cm³/mol. The van der Waals surface area contributed by atoms with Gasteiger partial charge in [-0.25, -0.2) is 4.98 Å². The second kappa shape index (κ2) is 8.02. The molecule has 5 heteroatoms. The van der Waals surface area contributed by atoms with Crippen molar-refractivity contribution >= 4 is 50.2 Å². The Morgan fingerprint density at radius 3 is 2.64 bits per heavy atom. The van der Waals surface area contributed by atoms with Gasteiger partial charge in [-0.1, -0.05) is 34.1 Å². The summed E-state index contributed by atoms with van der Waals surface area (Å²) in [5.41, 5.74) is 4.25. The fourth-order valence-corrected chi connectivity index (χ4v) is 3.79. The van der Waals surface area contributed by atoms with Gasteiger partial charge in [0.2, 0.25) is 5.91 Å². The van der Waals surface area contributed by atoms with Crippen LogP contribution in [-0.4, -0.2) is 16.6 Å². The lowest BCUT2D eigenvalue weighted by Gasteiger charge is -2.08. The minimum absolute atomic E-state index is 0.0171. The Morgan fingerprint density at radius 1 is 1.12 bits per heavy atom. The summed E-state index contributed by atoms with van der Waals surface area (Å²) in [4.78, 5) is 16.8. The average molecular weight is 415 g/mol. The monoisotopic (exact) mass is 414 g/mol. The standard InChI is InChI=1S/C20H19BrN2OS/c1-13-4-3-5-17-14(2)12-19(23-20(13)17)25-11-10-18(24)22-16-8-6-15(21)7-9-16/h3-9,12H,10-11H2,1-2H3,(H,22,24). The van der Waals surface area contributed by atoms with Crippen LogP contribution in [0.1, 0.15) is 17.5 Å². The van der Waals surface area contributed by atoms with E-state index in [9.17, 15) is 4.79 Å². The molecular weight excluding hydrogens is 396 g/mol. The van der Waals surface area contributed by atoms with Gasteiger partial charge in [-0.3, -0.25) is 4.79 Å². The number of rotatable bonds is 5. The summed E-state index contributed by atoms with van der Waals surface area (Å²) in [5, 5.41) is 5.07. The number of halogens is 1. The Labute approximate surface area is 160 Å². The Hall–Kier alpha value is -1.85. The lowest BCUT2D eigenvalue weighted by molar-refractivity contribution is -0.115. The van der Waals surface area contributed by atoms with E-state index in [1.54, 1.807) is 11.8 Å². The van der Waals surface area contributed by atoms with E-state index in [0.717, 1.165) is 20.7 Å². The topological polar surface area (TPSA) is 42.0 Å². The number of aromatic nitrogens is 1. The predicted octanol–water partition coefficient (Wildman–Crippen LogP) is 5.74. The van der Waals surface area contributed by atoms with Crippen molar-refractivity contribution in [3.05, 3.63) is 64.1 Å². The van der Waals surface area contributed by atoms with E-state index in [1.807, 2.05) is 24.3 Å². The number of fused-ring (bicyclic) bond motifs is 1. The van der Waals surface area contributed by atoms with Crippen molar-refractivity contribution in [2.75, 3.05) is 11.1 Å². The molecule has 3 rings (SSSR count). The van der Waals surface area contributed by atoms with Crippen molar-refractivity contribution in [2.24, 2.45) is 0 Å². The van der Waals surface area contributed by atoms with Crippen LogP contribution in [0.2, 0.25) is 0 Å². The van der Waals surface area contributed by atoms with Crippen LogP contribution in [0.3, 0.4) is 0 Å². The number of para-hydroxylation sites is 1. The molecule has 0 unspecified atom stereocenters. The number of hydrogen-bond acceptors (Lipinski definition) is 3. The maximum atomic E-state index is 12.1. The largest absolute Gasteiger partial charge is 0.326 e. The van der Waals surface area contributed by atoms with Crippen LogP contribution in [-0.2, 0) is 4.79 Å². The molecule has 2 aromatic carbocycles. The van der Waals surface area contributed by atoms with Crippen molar-refractivity contribution < 1.29 is 4.79 Å². The Kier molecular flexibility index (Phi) is 5.76. The molecule has 1 aromatic heterocycles. The minimum Gasteiger partial charge on any atom is -0.326 e. The van der Waals surface area contributed by atoms with Gasteiger partial charge in [0.1, 0.15) is 0 Å². The summed E-state index contributed by atoms with van der Waals surface area (Å²) < 4.78 is 0.995. The molecule has 128 valence electrons. The maximum absolute atomic E-state index is 12.1. The van der Waals surface area contributed by atoms with E-state index in [1.165, 1.54) is 16.5 Å². The molecule has 3 aromatic rings. The molecule has 0 aliphatic heterocycles. The number of amides is 1. The zero-order valence-corrected chi connectivity index (χ0v) is 16.6. The van der Waals surface area contributed by atoms with E-state index in [4.69, 9.17) is 4.98 Å². The summed E-state index contributed by atoms with van der Waals surface area (Å²) in [6.07, 6.45) is 0.452. The lowest BCUT2D eigenvalue weighted by Crippen LogP contribution is -2.12. The first-order valence-electron chi connectivity index (χ1n) is 8.08. The summed E-state index contributed by atoms with van der Waals surface area (Å²) >= 11 is 5.00. The van der Waals surface area contributed by atoms with Crippen LogP contribution in [0.4, 0.5) is 5.69 Å². The number of aryl methyl sites for hydroxylation is 2. The van der Waals surface area contributed by atoms with Crippen LogP contribution in [0, 0.1) is 13.8 Å². The summed E-state index contributed by atoms with van der Waals surface area (Å²) in [7, 11) is 0. The van der Waals surface area contributed by atoms with Gasteiger partial charge in [0.15, 0.2) is 0 Å². The van der Waals surface area contributed by atoms with E-state index in [0.29, 0.717) is 12.2 Å². The quantitative estimate of drug-likeness (QED) is 0.541. The molecule has 0 saturated heterocycles. The smallest absolute Gasteiger partial charge is 0.225 e. The van der Waals surface area contributed by atoms with Crippen LogP contribution < -0.4 is 5.32 Å². The number of carbonyl (C=O) groups is 1. The first-order chi connectivity index (χ1) is 12.0. The molecule has 0 radical (unpaired) electrons. The molecule has 0 fully saturated rings. The Bertz CT molecular complexity index is 909. The van der Waals surface area contributed by atoms with Crippen molar-refractivity contribution in [1.82, 2.24) is 4.98 Å². The molecule has 0 spiro atoms. The number of nitrogens with one attached hydrogen (secondary N) is 1. The molecule has 0 aliphatic rings. The number of anilines is 1. The SMILES string of the molecule is Cc1cc(SCCC(=O)Nc2ccc(Br)cc2)nc2c(C)cccc12. The first kappa shape index (κ1) is 18.0. The molecule has 1 amide bonds. The van der Waals surface area contributed by atoms with E-state index >= 15 is 0 Å². The summed E-state index contributed by atoms with van der Waals surface area (Å²) in [6, 6.07) is 15.9. The van der Waals surface area contributed by atoms with Crippen LogP contribution in [0.5, 0.6) is 0 Å². The average Bonchev–Trinajstić information content (AvgIpc) is 2.58. The third kappa shape index (κ3) is 4.61. The molecule has 1 N–H and O–H groups in total. The van der Waals surface area contributed by atoms with E-state index in [2.05, 4.69) is 59.4 Å². The van der Waals surface area contributed by atoms with Crippen LogP contribution in [0.25, 0.3) is 10.9 Å². The number of carbonyl (C=O) groups excluding carboxylic acids is 1. The van der Waals surface area contributed by atoms with Crippen molar-refractivity contribution in [3.8, 4) is 0 Å². The lowest BCUT2D eigenvalue weighted by atomic mass is 10.1. The maximum Gasteiger partial charge on any atom is 0.225 e. The van der Waals surface area contributed by atoms with Gasteiger partial charge in [-0.2, -0.15) is 0 Å². The first-order valence-corrected chi connectivity index (χ1v) is 9.86. The van der Waals surface area contributed by atoms with Crippen molar-refractivity contribution in [1.29, 1.82) is 0 Å². The second-order valence-electron chi connectivity index (χ2n) is 5.90. The van der Waals surface area contributed by atoms with E-state index < -0.39 is 0 Å². The molecule has 0 bridgehead atoms.